The molecule has 0 aromatic heterocycles. The van der Waals surface area contributed by atoms with Gasteiger partial charge in [-0.1, -0.05) is 333 Å². The van der Waals surface area contributed by atoms with Gasteiger partial charge in [-0.15, -0.1) is 0 Å². The second-order valence-electron chi connectivity index (χ2n) is 24.1. The van der Waals surface area contributed by atoms with Gasteiger partial charge in [0.25, 0.3) is 0 Å². The first-order valence-corrected chi connectivity index (χ1v) is 35.6. The van der Waals surface area contributed by atoms with E-state index in [-0.39, 0.29) is 31.1 Å². The second-order valence-corrected chi connectivity index (χ2v) is 24.1. The van der Waals surface area contributed by atoms with E-state index in [0.29, 0.717) is 19.3 Å². The van der Waals surface area contributed by atoms with E-state index in [9.17, 15) is 14.4 Å². The molecule has 0 aliphatic heterocycles. The summed E-state index contributed by atoms with van der Waals surface area (Å²) in [7, 11) is 0. The largest absolute Gasteiger partial charge is 0.462 e. The van der Waals surface area contributed by atoms with E-state index in [1.54, 1.807) is 0 Å². The van der Waals surface area contributed by atoms with Crippen LogP contribution in [-0.4, -0.2) is 37.2 Å². The number of carbonyl (C=O) groups excluding carboxylic acids is 3. The van der Waals surface area contributed by atoms with Gasteiger partial charge in [0, 0.05) is 19.3 Å². The SMILES string of the molecule is CCCCCC/C=C\C/C=C\CCCCCCCC(=O)OC(COC(=O)CCCCCCCCCCCCC)COC(=O)CCCCCCCCCCCCCCCCCCCCCCCCC/C=C\C/C=C\CCCCCCC. The molecule has 0 aliphatic carbocycles. The maximum absolute atomic E-state index is 12.9. The average Bonchev–Trinajstić information content (AvgIpc) is 3.46. The van der Waals surface area contributed by atoms with Crippen molar-refractivity contribution >= 4 is 17.9 Å². The van der Waals surface area contributed by atoms with E-state index in [2.05, 4.69) is 69.4 Å². The van der Waals surface area contributed by atoms with Crippen LogP contribution in [0.2, 0.25) is 0 Å². The van der Waals surface area contributed by atoms with Crippen molar-refractivity contribution in [1.29, 1.82) is 0 Å². The number of ether oxygens (including phenoxy) is 3. The minimum Gasteiger partial charge on any atom is -0.462 e. The smallest absolute Gasteiger partial charge is 0.306 e. The maximum atomic E-state index is 12.9. The third-order valence-electron chi connectivity index (χ3n) is 16.1. The zero-order valence-corrected chi connectivity index (χ0v) is 53.9. The molecule has 0 aromatic carbocycles. The Balaban J connectivity index is 4.04. The third-order valence-corrected chi connectivity index (χ3v) is 16.1. The lowest BCUT2D eigenvalue weighted by Gasteiger charge is -2.18. The van der Waals surface area contributed by atoms with E-state index in [1.807, 2.05) is 0 Å². The summed E-state index contributed by atoms with van der Waals surface area (Å²) >= 11 is 0. The van der Waals surface area contributed by atoms with Crippen molar-refractivity contribution in [3.05, 3.63) is 48.6 Å². The Labute approximate surface area is 498 Å². The molecule has 0 N–H and O–H groups in total. The summed E-state index contributed by atoms with van der Waals surface area (Å²) in [4.78, 5) is 38.3. The minimum atomic E-state index is -0.777. The van der Waals surface area contributed by atoms with Crippen LogP contribution in [0.4, 0.5) is 0 Å². The molecule has 0 heterocycles. The Bertz CT molecular complexity index is 1380. The highest BCUT2D eigenvalue weighted by Gasteiger charge is 2.19. The molecular formula is C74H136O6. The molecule has 80 heavy (non-hydrogen) atoms. The molecule has 0 spiro atoms. The number of allylic oxidation sites excluding steroid dienone is 8. The predicted octanol–water partition coefficient (Wildman–Crippen LogP) is 24.5. The molecule has 0 bridgehead atoms. The number of hydrogen-bond acceptors (Lipinski definition) is 6. The normalized spacial score (nSPS) is 12.3. The van der Waals surface area contributed by atoms with Crippen LogP contribution >= 0.6 is 0 Å². The molecule has 0 rings (SSSR count). The summed E-state index contributed by atoms with van der Waals surface area (Å²) < 4.78 is 16.9. The molecule has 1 unspecified atom stereocenters. The Kier molecular flexibility index (Phi) is 66.6. The number of rotatable bonds is 66. The highest BCUT2D eigenvalue weighted by atomic mass is 16.6. The van der Waals surface area contributed by atoms with Crippen LogP contribution in [0, 0.1) is 0 Å². The summed E-state index contributed by atoms with van der Waals surface area (Å²) in [5.41, 5.74) is 0. The number of carbonyl (C=O) groups is 3. The van der Waals surface area contributed by atoms with Crippen molar-refractivity contribution in [2.75, 3.05) is 13.2 Å². The first-order chi connectivity index (χ1) is 39.5. The standard InChI is InChI=1S/C74H136O6/c1-4-7-10-13-16-19-22-24-26-28-29-30-31-32-33-34-35-36-37-38-39-40-41-42-43-44-45-46-48-49-52-55-58-61-64-67-73(76)79-70-71(69-78-72(75)66-63-60-57-54-51-21-18-15-12-9-6-3)80-74(77)68-65-62-59-56-53-50-47-27-25-23-20-17-14-11-8-5-2/h20,22-24,27-29,47,71H,4-19,21,25-26,30-46,48-70H2,1-3H3/b23-20-,24-22-,29-28-,47-27-. The number of hydrogen-bond donors (Lipinski definition) is 0. The first-order valence-electron chi connectivity index (χ1n) is 35.6. The van der Waals surface area contributed by atoms with Crippen molar-refractivity contribution in [1.82, 2.24) is 0 Å². The molecule has 6 nitrogen and oxygen atoms in total. The lowest BCUT2D eigenvalue weighted by atomic mass is 10.0. The Morgan fingerprint density at radius 3 is 0.700 bits per heavy atom. The highest BCUT2D eigenvalue weighted by molar-refractivity contribution is 5.71. The summed E-state index contributed by atoms with van der Waals surface area (Å²) in [5, 5.41) is 0. The molecule has 0 aromatic rings. The summed E-state index contributed by atoms with van der Waals surface area (Å²) in [6.45, 7) is 6.65. The molecule has 468 valence electrons. The zero-order chi connectivity index (χ0) is 57.8. The van der Waals surface area contributed by atoms with E-state index in [0.717, 1.165) is 89.9 Å². The third kappa shape index (κ3) is 66.2. The van der Waals surface area contributed by atoms with E-state index in [1.165, 1.54) is 257 Å². The van der Waals surface area contributed by atoms with E-state index < -0.39 is 6.10 Å². The molecular weight excluding hydrogens is 985 g/mol. The quantitative estimate of drug-likeness (QED) is 0.0261. The van der Waals surface area contributed by atoms with Gasteiger partial charge >= 0.3 is 17.9 Å². The van der Waals surface area contributed by atoms with Crippen molar-refractivity contribution in [2.24, 2.45) is 0 Å². The van der Waals surface area contributed by atoms with Gasteiger partial charge in [0.05, 0.1) is 0 Å². The minimum absolute atomic E-state index is 0.0733. The molecule has 1 atom stereocenters. The molecule has 0 amide bonds. The fourth-order valence-corrected chi connectivity index (χ4v) is 10.7. The fourth-order valence-electron chi connectivity index (χ4n) is 10.7. The van der Waals surface area contributed by atoms with Crippen LogP contribution in [0.1, 0.15) is 387 Å². The number of esters is 3. The van der Waals surface area contributed by atoms with Gasteiger partial charge in [-0.05, 0) is 83.5 Å². The zero-order valence-electron chi connectivity index (χ0n) is 53.9. The van der Waals surface area contributed by atoms with Crippen molar-refractivity contribution in [3.63, 3.8) is 0 Å². The molecule has 0 saturated heterocycles. The average molecular weight is 1120 g/mol. The van der Waals surface area contributed by atoms with Gasteiger partial charge in [-0.2, -0.15) is 0 Å². The molecule has 0 saturated carbocycles. The number of unbranched alkanes of at least 4 members (excludes halogenated alkanes) is 47. The topological polar surface area (TPSA) is 78.9 Å². The van der Waals surface area contributed by atoms with E-state index >= 15 is 0 Å². The molecule has 0 radical (unpaired) electrons. The molecule has 0 aliphatic rings. The van der Waals surface area contributed by atoms with Crippen LogP contribution in [-0.2, 0) is 28.6 Å². The second kappa shape index (κ2) is 68.9. The Morgan fingerprint density at radius 2 is 0.450 bits per heavy atom. The van der Waals surface area contributed by atoms with Crippen LogP contribution < -0.4 is 0 Å². The van der Waals surface area contributed by atoms with E-state index in [4.69, 9.17) is 14.2 Å². The Hall–Kier alpha value is -2.63. The van der Waals surface area contributed by atoms with Crippen LogP contribution in [0.15, 0.2) is 48.6 Å². The highest BCUT2D eigenvalue weighted by Crippen LogP contribution is 2.18. The van der Waals surface area contributed by atoms with Gasteiger partial charge < -0.3 is 14.2 Å². The maximum Gasteiger partial charge on any atom is 0.306 e. The van der Waals surface area contributed by atoms with Gasteiger partial charge in [0.15, 0.2) is 6.10 Å². The predicted molar refractivity (Wildman–Crippen MR) is 349 cm³/mol. The van der Waals surface area contributed by atoms with Gasteiger partial charge in [0.1, 0.15) is 13.2 Å². The van der Waals surface area contributed by atoms with Gasteiger partial charge in [0.2, 0.25) is 0 Å². The summed E-state index contributed by atoms with van der Waals surface area (Å²) in [6, 6.07) is 0. The fraction of sp³-hybridized carbons (Fsp3) is 0.851. The first kappa shape index (κ1) is 77.4. The lowest BCUT2D eigenvalue weighted by Crippen LogP contribution is -2.30. The Morgan fingerprint density at radius 1 is 0.250 bits per heavy atom. The monoisotopic (exact) mass is 1120 g/mol. The van der Waals surface area contributed by atoms with Crippen molar-refractivity contribution in [3.8, 4) is 0 Å². The summed E-state index contributed by atoms with van der Waals surface area (Å²) in [5.74, 6) is -0.864. The molecule has 6 heteroatoms. The van der Waals surface area contributed by atoms with Crippen LogP contribution in [0.25, 0.3) is 0 Å². The van der Waals surface area contributed by atoms with Crippen molar-refractivity contribution < 1.29 is 28.6 Å². The van der Waals surface area contributed by atoms with Gasteiger partial charge in [-0.3, -0.25) is 14.4 Å². The molecule has 0 fully saturated rings. The van der Waals surface area contributed by atoms with Gasteiger partial charge in [-0.25, -0.2) is 0 Å². The van der Waals surface area contributed by atoms with Crippen molar-refractivity contribution in [2.45, 2.75) is 393 Å². The van der Waals surface area contributed by atoms with Crippen LogP contribution in [0.5, 0.6) is 0 Å². The summed E-state index contributed by atoms with van der Waals surface area (Å²) in [6.07, 6.45) is 87.4. The lowest BCUT2D eigenvalue weighted by molar-refractivity contribution is -0.167. The van der Waals surface area contributed by atoms with Crippen LogP contribution in [0.3, 0.4) is 0 Å².